The van der Waals surface area contributed by atoms with Gasteiger partial charge in [-0.05, 0) is 56.1 Å². The molecule has 1 amide bonds. The van der Waals surface area contributed by atoms with Crippen LogP contribution < -0.4 is 0 Å². The number of nitrogens with zero attached hydrogens (tertiary/aromatic N) is 1. The fourth-order valence-electron chi connectivity index (χ4n) is 3.34. The van der Waals surface area contributed by atoms with E-state index >= 15 is 0 Å². The highest BCUT2D eigenvalue weighted by Gasteiger charge is 2.28. The Morgan fingerprint density at radius 1 is 1.35 bits per heavy atom. The Kier molecular flexibility index (Phi) is 4.67. The first-order chi connectivity index (χ1) is 9.78. The molecule has 0 bridgehead atoms. The van der Waals surface area contributed by atoms with Crippen LogP contribution in [0.15, 0.2) is 6.07 Å². The molecule has 20 heavy (non-hydrogen) atoms. The van der Waals surface area contributed by atoms with Gasteiger partial charge in [0.05, 0.1) is 4.88 Å². The molecule has 1 aromatic rings. The van der Waals surface area contributed by atoms with E-state index in [1.807, 2.05) is 4.90 Å². The van der Waals surface area contributed by atoms with Crippen molar-refractivity contribution < 1.29 is 4.79 Å². The van der Waals surface area contributed by atoms with Crippen LogP contribution >= 0.6 is 22.9 Å². The van der Waals surface area contributed by atoms with Crippen molar-refractivity contribution in [3.05, 3.63) is 21.4 Å². The van der Waals surface area contributed by atoms with Crippen LogP contribution in [0.5, 0.6) is 0 Å². The summed E-state index contributed by atoms with van der Waals surface area (Å²) in [6.45, 7) is 1.80. The molecule has 0 aromatic carbocycles. The topological polar surface area (TPSA) is 20.3 Å². The number of aryl methyl sites for hydroxylation is 2. The molecule has 1 aliphatic carbocycles. The fourth-order valence-corrected chi connectivity index (χ4v) is 4.87. The van der Waals surface area contributed by atoms with Gasteiger partial charge in [0.15, 0.2) is 0 Å². The molecule has 1 saturated heterocycles. The lowest BCUT2D eigenvalue weighted by Crippen LogP contribution is -2.28. The average Bonchev–Trinajstić information content (AvgIpc) is 3.01. The Morgan fingerprint density at radius 3 is 3.05 bits per heavy atom. The standard InChI is InChI=1S/C16H22ClNOS/c17-8-6-12-7-9-18(11-12)16(19)15-10-13-4-2-1-3-5-14(13)20-15/h10,12H,1-9,11H2. The number of rotatable bonds is 3. The maximum Gasteiger partial charge on any atom is 0.263 e. The molecule has 4 heteroatoms. The highest BCUT2D eigenvalue weighted by atomic mass is 35.5. The van der Waals surface area contributed by atoms with Crippen molar-refractivity contribution in [1.29, 1.82) is 0 Å². The molecule has 1 aliphatic heterocycles. The molecule has 2 aliphatic rings. The van der Waals surface area contributed by atoms with Crippen molar-refractivity contribution >= 4 is 28.8 Å². The summed E-state index contributed by atoms with van der Waals surface area (Å²) in [5.74, 6) is 1.56. The lowest BCUT2D eigenvalue weighted by Gasteiger charge is -2.15. The molecule has 2 heterocycles. The maximum absolute atomic E-state index is 12.6. The van der Waals surface area contributed by atoms with Gasteiger partial charge in [0.2, 0.25) is 0 Å². The van der Waals surface area contributed by atoms with Crippen molar-refractivity contribution in [3.63, 3.8) is 0 Å². The highest BCUT2D eigenvalue weighted by molar-refractivity contribution is 7.14. The first-order valence-electron chi connectivity index (χ1n) is 7.74. The number of carbonyl (C=O) groups excluding carboxylic acids is 1. The summed E-state index contributed by atoms with van der Waals surface area (Å²) in [4.78, 5) is 17.1. The van der Waals surface area contributed by atoms with Gasteiger partial charge in [0, 0.05) is 23.8 Å². The number of carbonyl (C=O) groups is 1. The molecule has 110 valence electrons. The molecule has 3 rings (SSSR count). The third-order valence-electron chi connectivity index (χ3n) is 4.55. The first-order valence-corrected chi connectivity index (χ1v) is 9.10. The number of amides is 1. The number of hydrogen-bond donors (Lipinski definition) is 0. The summed E-state index contributed by atoms with van der Waals surface area (Å²) in [7, 11) is 0. The lowest BCUT2D eigenvalue weighted by atomic mass is 10.1. The summed E-state index contributed by atoms with van der Waals surface area (Å²) in [5, 5.41) is 0. The average molecular weight is 312 g/mol. The molecule has 2 nitrogen and oxygen atoms in total. The number of alkyl halides is 1. The highest BCUT2D eigenvalue weighted by Crippen LogP contribution is 2.31. The fraction of sp³-hybridized carbons (Fsp3) is 0.688. The number of fused-ring (bicyclic) bond motifs is 1. The van der Waals surface area contributed by atoms with E-state index in [2.05, 4.69) is 6.07 Å². The zero-order valence-electron chi connectivity index (χ0n) is 11.9. The van der Waals surface area contributed by atoms with Crippen LogP contribution in [-0.2, 0) is 12.8 Å². The number of hydrogen-bond acceptors (Lipinski definition) is 2. The molecule has 1 fully saturated rings. The van der Waals surface area contributed by atoms with Crippen LogP contribution in [0.2, 0.25) is 0 Å². The van der Waals surface area contributed by atoms with Crippen LogP contribution in [0, 0.1) is 5.92 Å². The minimum absolute atomic E-state index is 0.250. The van der Waals surface area contributed by atoms with Crippen molar-refractivity contribution in [2.45, 2.75) is 44.9 Å². The predicted octanol–water partition coefficient (Wildman–Crippen LogP) is 4.11. The van der Waals surface area contributed by atoms with E-state index in [1.54, 1.807) is 11.3 Å². The molecule has 0 N–H and O–H groups in total. The maximum atomic E-state index is 12.6. The molecule has 1 unspecified atom stereocenters. The number of likely N-dealkylation sites (tertiary alicyclic amines) is 1. The third-order valence-corrected chi connectivity index (χ3v) is 5.99. The van der Waals surface area contributed by atoms with E-state index < -0.39 is 0 Å². The van der Waals surface area contributed by atoms with Gasteiger partial charge >= 0.3 is 0 Å². The van der Waals surface area contributed by atoms with E-state index in [0.29, 0.717) is 11.8 Å². The van der Waals surface area contributed by atoms with Crippen LogP contribution in [0.3, 0.4) is 0 Å². The van der Waals surface area contributed by atoms with Gasteiger partial charge in [0.25, 0.3) is 5.91 Å². The Hall–Kier alpha value is -0.540. The molecule has 1 atom stereocenters. The van der Waals surface area contributed by atoms with Crippen molar-refractivity contribution in [3.8, 4) is 0 Å². The summed E-state index contributed by atoms with van der Waals surface area (Å²) >= 11 is 7.55. The van der Waals surface area contributed by atoms with Crippen LogP contribution in [-0.4, -0.2) is 29.8 Å². The summed E-state index contributed by atoms with van der Waals surface area (Å²) in [6, 6.07) is 2.17. The monoisotopic (exact) mass is 311 g/mol. The van der Waals surface area contributed by atoms with E-state index in [4.69, 9.17) is 11.6 Å². The zero-order chi connectivity index (χ0) is 13.9. The van der Waals surface area contributed by atoms with Crippen LogP contribution in [0.1, 0.15) is 52.2 Å². The Bertz CT molecular complexity index is 461. The SMILES string of the molecule is O=C(c1cc2c(s1)CCCCC2)N1CCC(CCCl)C1. The minimum Gasteiger partial charge on any atom is -0.338 e. The second-order valence-electron chi connectivity index (χ2n) is 6.00. The lowest BCUT2D eigenvalue weighted by molar-refractivity contribution is 0.0791. The molecule has 0 saturated carbocycles. The van der Waals surface area contributed by atoms with Gasteiger partial charge in [0.1, 0.15) is 0 Å². The number of halogens is 1. The van der Waals surface area contributed by atoms with Crippen LogP contribution in [0.4, 0.5) is 0 Å². The molecule has 1 aromatic heterocycles. The van der Waals surface area contributed by atoms with Crippen LogP contribution in [0.25, 0.3) is 0 Å². The second-order valence-corrected chi connectivity index (χ2v) is 7.52. The molecular weight excluding hydrogens is 290 g/mol. The minimum atomic E-state index is 0.250. The van der Waals surface area contributed by atoms with Gasteiger partial charge in [-0.25, -0.2) is 0 Å². The van der Waals surface area contributed by atoms with Gasteiger partial charge in [-0.15, -0.1) is 22.9 Å². The summed E-state index contributed by atoms with van der Waals surface area (Å²) < 4.78 is 0. The van der Waals surface area contributed by atoms with Crippen molar-refractivity contribution in [2.24, 2.45) is 5.92 Å². The van der Waals surface area contributed by atoms with E-state index in [0.717, 1.165) is 37.2 Å². The van der Waals surface area contributed by atoms with Gasteiger partial charge in [-0.1, -0.05) is 6.42 Å². The Balaban J connectivity index is 1.69. The zero-order valence-corrected chi connectivity index (χ0v) is 13.4. The van der Waals surface area contributed by atoms with E-state index in [9.17, 15) is 4.79 Å². The molecule has 0 radical (unpaired) electrons. The Morgan fingerprint density at radius 2 is 2.20 bits per heavy atom. The van der Waals surface area contributed by atoms with Crippen molar-refractivity contribution in [1.82, 2.24) is 4.90 Å². The second kappa shape index (κ2) is 6.48. The largest absolute Gasteiger partial charge is 0.338 e. The smallest absolute Gasteiger partial charge is 0.263 e. The quantitative estimate of drug-likeness (QED) is 0.607. The van der Waals surface area contributed by atoms with Gasteiger partial charge in [-0.2, -0.15) is 0 Å². The Labute approximate surface area is 130 Å². The van der Waals surface area contributed by atoms with E-state index in [1.165, 1.54) is 36.1 Å². The predicted molar refractivity (Wildman–Crippen MR) is 84.9 cm³/mol. The van der Waals surface area contributed by atoms with Gasteiger partial charge in [-0.3, -0.25) is 4.79 Å². The third kappa shape index (κ3) is 3.04. The normalized spacial score (nSPS) is 22.6. The first kappa shape index (κ1) is 14.4. The van der Waals surface area contributed by atoms with Gasteiger partial charge < -0.3 is 4.90 Å². The van der Waals surface area contributed by atoms with E-state index in [-0.39, 0.29) is 5.91 Å². The summed E-state index contributed by atoms with van der Waals surface area (Å²) in [5.41, 5.74) is 1.44. The molecule has 0 spiro atoms. The number of thiophene rings is 1. The molecular formula is C16H22ClNOS. The van der Waals surface area contributed by atoms with Crippen molar-refractivity contribution in [2.75, 3.05) is 19.0 Å². The summed E-state index contributed by atoms with van der Waals surface area (Å²) in [6.07, 6.45) is 8.37.